The van der Waals surface area contributed by atoms with Crippen LogP contribution in [0.3, 0.4) is 0 Å². The van der Waals surface area contributed by atoms with E-state index in [1.807, 2.05) is 0 Å². The van der Waals surface area contributed by atoms with Crippen molar-refractivity contribution in [1.29, 1.82) is 0 Å². The largest absolute Gasteiger partial charge is 0.250 e. The SMILES string of the molecule is CCC(CCBr)CNS(=O)(=O)c1ccc(Cl)s1. The molecule has 1 unspecified atom stereocenters. The Morgan fingerprint density at radius 2 is 2.24 bits per heavy atom. The van der Waals surface area contributed by atoms with Crippen molar-refractivity contribution in [2.45, 2.75) is 24.0 Å². The molecule has 0 spiro atoms. The van der Waals surface area contributed by atoms with Crippen LogP contribution in [0.15, 0.2) is 16.3 Å². The van der Waals surface area contributed by atoms with E-state index in [0.717, 1.165) is 29.5 Å². The van der Waals surface area contributed by atoms with Gasteiger partial charge < -0.3 is 0 Å². The molecule has 0 aliphatic carbocycles. The maximum absolute atomic E-state index is 11.9. The lowest BCUT2D eigenvalue weighted by Crippen LogP contribution is -2.28. The number of hydrogen-bond donors (Lipinski definition) is 1. The van der Waals surface area contributed by atoms with Crippen LogP contribution in [0.2, 0.25) is 4.34 Å². The first-order valence-corrected chi connectivity index (χ1v) is 9.10. The molecule has 1 aromatic heterocycles. The van der Waals surface area contributed by atoms with Gasteiger partial charge in [0, 0.05) is 11.9 Å². The molecule has 0 aromatic carbocycles. The minimum Gasteiger partial charge on any atom is -0.210 e. The number of sulfonamides is 1. The molecule has 0 radical (unpaired) electrons. The van der Waals surface area contributed by atoms with Crippen LogP contribution in [0.4, 0.5) is 0 Å². The lowest BCUT2D eigenvalue weighted by molar-refractivity contribution is 0.483. The van der Waals surface area contributed by atoms with Crippen LogP contribution in [0, 0.1) is 5.92 Å². The second-order valence-electron chi connectivity index (χ2n) is 3.66. The molecule has 0 aliphatic heterocycles. The van der Waals surface area contributed by atoms with Crippen LogP contribution in [0.1, 0.15) is 19.8 Å². The zero-order valence-corrected chi connectivity index (χ0v) is 13.4. The molecule has 0 amide bonds. The van der Waals surface area contributed by atoms with Crippen LogP contribution >= 0.6 is 38.9 Å². The van der Waals surface area contributed by atoms with Crippen molar-refractivity contribution in [3.05, 3.63) is 16.5 Å². The van der Waals surface area contributed by atoms with Gasteiger partial charge in [-0.25, -0.2) is 13.1 Å². The summed E-state index contributed by atoms with van der Waals surface area (Å²) in [5.41, 5.74) is 0. The third-order valence-electron chi connectivity index (χ3n) is 2.47. The van der Waals surface area contributed by atoms with Crippen molar-refractivity contribution >= 4 is 48.9 Å². The molecule has 98 valence electrons. The van der Waals surface area contributed by atoms with E-state index in [1.54, 1.807) is 6.07 Å². The zero-order chi connectivity index (χ0) is 12.9. The second-order valence-corrected chi connectivity index (χ2v) is 8.16. The van der Waals surface area contributed by atoms with Crippen molar-refractivity contribution in [1.82, 2.24) is 4.72 Å². The summed E-state index contributed by atoms with van der Waals surface area (Å²) in [5.74, 6) is 0.361. The molecule has 1 aromatic rings. The maximum Gasteiger partial charge on any atom is 0.250 e. The predicted molar refractivity (Wildman–Crippen MR) is 76.7 cm³/mol. The fourth-order valence-electron chi connectivity index (χ4n) is 1.35. The van der Waals surface area contributed by atoms with E-state index in [0.29, 0.717) is 16.8 Å². The number of rotatable bonds is 7. The number of alkyl halides is 1. The van der Waals surface area contributed by atoms with Gasteiger partial charge in [-0.05, 0) is 24.5 Å². The van der Waals surface area contributed by atoms with E-state index in [9.17, 15) is 8.42 Å². The molecule has 0 saturated heterocycles. The lowest BCUT2D eigenvalue weighted by atomic mass is 10.0. The molecule has 7 heteroatoms. The van der Waals surface area contributed by atoms with E-state index >= 15 is 0 Å². The Kier molecular flexibility index (Phi) is 6.44. The van der Waals surface area contributed by atoms with Crippen LogP contribution in [-0.2, 0) is 10.0 Å². The summed E-state index contributed by atoms with van der Waals surface area (Å²) in [6, 6.07) is 3.12. The Hall–Kier alpha value is 0.380. The Labute approximate surface area is 120 Å². The summed E-state index contributed by atoms with van der Waals surface area (Å²) in [6.45, 7) is 2.53. The summed E-state index contributed by atoms with van der Waals surface area (Å²) < 4.78 is 27.2. The van der Waals surface area contributed by atoms with Crippen molar-refractivity contribution in [3.8, 4) is 0 Å². The smallest absolute Gasteiger partial charge is 0.210 e. The lowest BCUT2D eigenvalue weighted by Gasteiger charge is -2.13. The number of nitrogens with one attached hydrogen (secondary N) is 1. The Morgan fingerprint density at radius 1 is 1.53 bits per heavy atom. The highest BCUT2D eigenvalue weighted by Crippen LogP contribution is 2.25. The Morgan fingerprint density at radius 3 is 2.71 bits per heavy atom. The molecule has 1 heterocycles. The molecule has 0 saturated carbocycles. The molecular formula is C10H15BrClNO2S2. The van der Waals surface area contributed by atoms with E-state index in [4.69, 9.17) is 11.6 Å². The highest BCUT2D eigenvalue weighted by Gasteiger charge is 2.17. The maximum atomic E-state index is 11.9. The van der Waals surface area contributed by atoms with Gasteiger partial charge in [0.2, 0.25) is 10.0 Å². The molecular weight excluding hydrogens is 346 g/mol. The zero-order valence-electron chi connectivity index (χ0n) is 9.45. The molecule has 3 nitrogen and oxygen atoms in total. The molecule has 0 bridgehead atoms. The first-order chi connectivity index (χ1) is 7.99. The summed E-state index contributed by atoms with van der Waals surface area (Å²) in [5, 5.41) is 0.887. The van der Waals surface area contributed by atoms with Gasteiger partial charge >= 0.3 is 0 Å². The highest BCUT2D eigenvalue weighted by molar-refractivity contribution is 9.09. The van der Waals surface area contributed by atoms with E-state index in [-0.39, 0.29) is 4.21 Å². The topological polar surface area (TPSA) is 46.2 Å². The Balaban J connectivity index is 2.61. The molecule has 1 N–H and O–H groups in total. The average molecular weight is 361 g/mol. The van der Waals surface area contributed by atoms with Gasteiger partial charge in [-0.15, -0.1) is 11.3 Å². The highest BCUT2D eigenvalue weighted by atomic mass is 79.9. The minimum absolute atomic E-state index is 0.274. The van der Waals surface area contributed by atoms with Gasteiger partial charge in [-0.3, -0.25) is 0 Å². The molecule has 1 rings (SSSR count). The fourth-order valence-corrected chi connectivity index (χ4v) is 4.64. The third-order valence-corrected chi connectivity index (χ3v) is 6.07. The quantitative estimate of drug-likeness (QED) is 0.757. The van der Waals surface area contributed by atoms with Gasteiger partial charge in [-0.2, -0.15) is 0 Å². The normalized spacial score (nSPS) is 13.8. The van der Waals surface area contributed by atoms with E-state index < -0.39 is 10.0 Å². The molecule has 0 fully saturated rings. The summed E-state index contributed by atoms with van der Waals surface area (Å²) in [7, 11) is -3.39. The van der Waals surface area contributed by atoms with Crippen LogP contribution in [0.5, 0.6) is 0 Å². The predicted octanol–water partition coefficient (Wildman–Crippen LogP) is 3.49. The second kappa shape index (κ2) is 7.09. The number of hydrogen-bond acceptors (Lipinski definition) is 3. The summed E-state index contributed by atoms with van der Waals surface area (Å²) >= 11 is 10.2. The van der Waals surface area contributed by atoms with E-state index in [1.165, 1.54) is 6.07 Å². The van der Waals surface area contributed by atoms with E-state index in [2.05, 4.69) is 27.6 Å². The molecule has 17 heavy (non-hydrogen) atoms. The van der Waals surface area contributed by atoms with Gasteiger partial charge in [-0.1, -0.05) is 40.9 Å². The number of thiophene rings is 1. The van der Waals surface area contributed by atoms with Crippen LogP contribution in [0.25, 0.3) is 0 Å². The van der Waals surface area contributed by atoms with Crippen molar-refractivity contribution < 1.29 is 8.42 Å². The van der Waals surface area contributed by atoms with Crippen molar-refractivity contribution in [3.63, 3.8) is 0 Å². The van der Waals surface area contributed by atoms with Gasteiger partial charge in [0.1, 0.15) is 4.21 Å². The fraction of sp³-hybridized carbons (Fsp3) is 0.600. The third kappa shape index (κ3) is 4.87. The molecule has 1 atom stereocenters. The first kappa shape index (κ1) is 15.4. The first-order valence-electron chi connectivity index (χ1n) is 5.30. The molecule has 0 aliphatic rings. The minimum atomic E-state index is -3.39. The van der Waals surface area contributed by atoms with Crippen LogP contribution < -0.4 is 4.72 Å². The van der Waals surface area contributed by atoms with Crippen molar-refractivity contribution in [2.75, 3.05) is 11.9 Å². The summed E-state index contributed by atoms with van der Waals surface area (Å²) in [4.78, 5) is 0. The summed E-state index contributed by atoms with van der Waals surface area (Å²) in [6.07, 6.45) is 1.92. The van der Waals surface area contributed by atoms with Gasteiger partial charge in [0.25, 0.3) is 0 Å². The number of halogens is 2. The van der Waals surface area contributed by atoms with Crippen molar-refractivity contribution in [2.24, 2.45) is 5.92 Å². The van der Waals surface area contributed by atoms with Gasteiger partial charge in [0.05, 0.1) is 4.34 Å². The Bertz CT molecular complexity index is 447. The monoisotopic (exact) mass is 359 g/mol. The standard InChI is InChI=1S/C10H15BrClNO2S2/c1-2-8(5-6-11)7-13-17(14,15)10-4-3-9(12)16-10/h3-4,8,13H,2,5-7H2,1H3. The van der Waals surface area contributed by atoms with Crippen LogP contribution in [-0.4, -0.2) is 20.3 Å². The van der Waals surface area contributed by atoms with Gasteiger partial charge in [0.15, 0.2) is 0 Å². The average Bonchev–Trinajstić information content (AvgIpc) is 2.72.